The Morgan fingerprint density at radius 1 is 1.50 bits per heavy atom. The van der Waals surface area contributed by atoms with E-state index < -0.39 is 0 Å². The number of aryl methyl sites for hydroxylation is 2. The van der Waals surface area contributed by atoms with Crippen LogP contribution in [0.3, 0.4) is 0 Å². The monoisotopic (exact) mass is 183 g/mol. The second kappa shape index (κ2) is 3.30. The van der Waals surface area contributed by atoms with Gasteiger partial charge in [-0.15, -0.1) is 0 Å². The fourth-order valence-corrected chi connectivity index (χ4v) is 0.718. The third-order valence-electron chi connectivity index (χ3n) is 1.06. The van der Waals surface area contributed by atoms with Crippen molar-refractivity contribution < 1.29 is 26.2 Å². The molecule has 0 spiro atoms. The van der Waals surface area contributed by atoms with Crippen molar-refractivity contribution in [3.8, 4) is 0 Å². The van der Waals surface area contributed by atoms with Gasteiger partial charge in [0, 0.05) is 26.2 Å². The molecule has 1 aromatic rings. The van der Waals surface area contributed by atoms with Crippen LogP contribution in [0.2, 0.25) is 0 Å². The summed E-state index contributed by atoms with van der Waals surface area (Å²) in [7, 11) is 0. The van der Waals surface area contributed by atoms with E-state index in [2.05, 4.69) is 32.0 Å². The van der Waals surface area contributed by atoms with E-state index in [9.17, 15) is 0 Å². The Kier molecular flexibility index (Phi) is 3.39. The molecule has 0 atom stereocenters. The van der Waals surface area contributed by atoms with E-state index in [0.29, 0.717) is 0 Å². The molecule has 42 valence electrons. The van der Waals surface area contributed by atoms with Gasteiger partial charge in [-0.05, 0) is 0 Å². The Morgan fingerprint density at radius 3 is 2.25 bits per heavy atom. The van der Waals surface area contributed by atoms with E-state index in [0.717, 1.165) is 0 Å². The fourth-order valence-electron chi connectivity index (χ4n) is 0.718. The molecule has 0 radical (unpaired) electrons. The molecular weight excluding hydrogens is 175 g/mol. The van der Waals surface area contributed by atoms with Crippen molar-refractivity contribution in [1.82, 2.24) is 0 Å². The maximum atomic E-state index is 2.17. The van der Waals surface area contributed by atoms with E-state index in [1.807, 2.05) is 0 Å². The Balaban J connectivity index is 0.000000490. The number of rotatable bonds is 0. The summed E-state index contributed by atoms with van der Waals surface area (Å²) in [5.41, 5.74) is 2.72. The van der Waals surface area contributed by atoms with E-state index >= 15 is 0 Å². The van der Waals surface area contributed by atoms with Gasteiger partial charge in [0.2, 0.25) is 0 Å². The molecule has 8 heavy (non-hydrogen) atoms. The topological polar surface area (TPSA) is 0 Å². The fraction of sp³-hybridized carbons (Fsp3) is 0.286. The van der Waals surface area contributed by atoms with Gasteiger partial charge in [0.15, 0.2) is 0 Å². The van der Waals surface area contributed by atoms with Crippen molar-refractivity contribution >= 4 is 0 Å². The average molecular weight is 184 g/mol. The Bertz CT molecular complexity index is 137. The van der Waals surface area contributed by atoms with Crippen molar-refractivity contribution in [3.05, 3.63) is 29.3 Å². The van der Waals surface area contributed by atoms with Crippen molar-refractivity contribution in [1.29, 1.82) is 0 Å². The first-order valence-electron chi connectivity index (χ1n) is 2.49. The van der Waals surface area contributed by atoms with E-state index in [-0.39, 0.29) is 26.2 Å². The van der Waals surface area contributed by atoms with Crippen molar-refractivity contribution in [2.75, 3.05) is 0 Å². The molecule has 1 aromatic carbocycles. The zero-order valence-corrected chi connectivity index (χ0v) is 7.69. The minimum atomic E-state index is 0. The first kappa shape index (κ1) is 8.23. The smallest absolute Gasteiger partial charge is 0 e. The van der Waals surface area contributed by atoms with Crippen molar-refractivity contribution in [2.24, 2.45) is 0 Å². The van der Waals surface area contributed by atoms with Gasteiger partial charge in [-0.3, -0.25) is 0 Å². The zero-order valence-electron chi connectivity index (χ0n) is 5.23. The molecule has 0 amide bonds. The largest absolute Gasteiger partial charge is 0.211 e. The van der Waals surface area contributed by atoms with Crippen LogP contribution in [-0.2, 0) is 26.2 Å². The standard InChI is InChI=1S/C7H9.Zr/c1-6-3-4-7(2)5-6;/h3-5H,1-2H3;/q-1;. The molecule has 0 heterocycles. The zero-order chi connectivity index (χ0) is 5.28. The van der Waals surface area contributed by atoms with Gasteiger partial charge in [-0.1, -0.05) is 13.8 Å². The third-order valence-corrected chi connectivity index (χ3v) is 1.06. The van der Waals surface area contributed by atoms with E-state index in [1.54, 1.807) is 0 Å². The number of hydrogen-bond acceptors (Lipinski definition) is 0. The minimum Gasteiger partial charge on any atom is -0.211 e. The third kappa shape index (κ3) is 2.00. The van der Waals surface area contributed by atoms with E-state index in [4.69, 9.17) is 0 Å². The molecule has 0 N–H and O–H groups in total. The van der Waals surface area contributed by atoms with Gasteiger partial charge in [-0.2, -0.15) is 17.7 Å². The summed E-state index contributed by atoms with van der Waals surface area (Å²) in [6.45, 7) is 4.21. The molecule has 0 saturated heterocycles. The molecule has 0 aliphatic heterocycles. The van der Waals surface area contributed by atoms with Crippen LogP contribution < -0.4 is 0 Å². The molecule has 1 heteroatoms. The second-order valence-corrected chi connectivity index (χ2v) is 1.97. The molecule has 0 bridgehead atoms. The normalized spacial score (nSPS) is 8.25. The minimum absolute atomic E-state index is 0. The van der Waals surface area contributed by atoms with Crippen LogP contribution in [0.4, 0.5) is 0 Å². The summed E-state index contributed by atoms with van der Waals surface area (Å²) in [4.78, 5) is 0. The van der Waals surface area contributed by atoms with Gasteiger partial charge in [0.1, 0.15) is 0 Å². The van der Waals surface area contributed by atoms with Gasteiger partial charge >= 0.3 is 0 Å². The molecule has 0 aromatic heterocycles. The van der Waals surface area contributed by atoms with Crippen LogP contribution in [-0.4, -0.2) is 0 Å². The van der Waals surface area contributed by atoms with Crippen LogP contribution in [0.25, 0.3) is 0 Å². The Hall–Kier alpha value is 0.233. The first-order chi connectivity index (χ1) is 3.29. The van der Waals surface area contributed by atoms with Crippen LogP contribution in [0, 0.1) is 13.8 Å². The molecule has 0 aliphatic carbocycles. The van der Waals surface area contributed by atoms with Crippen LogP contribution in [0.15, 0.2) is 18.2 Å². The number of hydrogen-bond donors (Lipinski definition) is 0. The van der Waals surface area contributed by atoms with Gasteiger partial charge in [-0.25, -0.2) is 11.6 Å². The van der Waals surface area contributed by atoms with E-state index in [1.165, 1.54) is 11.1 Å². The van der Waals surface area contributed by atoms with Crippen molar-refractivity contribution in [3.63, 3.8) is 0 Å². The second-order valence-electron chi connectivity index (χ2n) is 1.97. The Labute approximate surface area is 69.4 Å². The Morgan fingerprint density at radius 2 is 2.12 bits per heavy atom. The van der Waals surface area contributed by atoms with Gasteiger partial charge in [0.05, 0.1) is 0 Å². The first-order valence-corrected chi connectivity index (χ1v) is 2.49. The molecule has 0 aliphatic rings. The SMILES string of the molecule is Cc1cc[c-](C)c1.[Zr]. The molecule has 0 fully saturated rings. The summed E-state index contributed by atoms with van der Waals surface area (Å²) in [6, 6.07) is 6.41. The van der Waals surface area contributed by atoms with Gasteiger partial charge in [0.25, 0.3) is 0 Å². The van der Waals surface area contributed by atoms with Crippen LogP contribution in [0.1, 0.15) is 11.1 Å². The summed E-state index contributed by atoms with van der Waals surface area (Å²) < 4.78 is 0. The molecule has 1 rings (SSSR count). The maximum Gasteiger partial charge on any atom is 0 e. The molecular formula is C7H9Zr-. The van der Waals surface area contributed by atoms with Crippen LogP contribution in [0.5, 0.6) is 0 Å². The molecule has 0 unspecified atom stereocenters. The van der Waals surface area contributed by atoms with Crippen molar-refractivity contribution in [2.45, 2.75) is 13.8 Å². The van der Waals surface area contributed by atoms with Gasteiger partial charge < -0.3 is 0 Å². The summed E-state index contributed by atoms with van der Waals surface area (Å²) in [5.74, 6) is 0. The summed E-state index contributed by atoms with van der Waals surface area (Å²) in [6.07, 6.45) is 0. The predicted molar refractivity (Wildman–Crippen MR) is 31.5 cm³/mol. The van der Waals surface area contributed by atoms with Crippen LogP contribution >= 0.6 is 0 Å². The quantitative estimate of drug-likeness (QED) is 0.541. The molecule has 0 nitrogen and oxygen atoms in total. The summed E-state index contributed by atoms with van der Waals surface area (Å²) >= 11 is 0. The average Bonchev–Trinajstić information content (AvgIpc) is 1.87. The predicted octanol–water partition coefficient (Wildman–Crippen LogP) is 2.02. The molecule has 0 saturated carbocycles. The maximum absolute atomic E-state index is 2.17. The summed E-state index contributed by atoms with van der Waals surface area (Å²) in [5, 5.41) is 0.